The van der Waals surface area contributed by atoms with E-state index in [1.165, 1.54) is 22.5 Å². The Balaban J connectivity index is 1.89. The smallest absolute Gasteiger partial charge is 0.277 e. The van der Waals surface area contributed by atoms with Crippen molar-refractivity contribution in [3.63, 3.8) is 0 Å². The topological polar surface area (TPSA) is 59.8 Å². The predicted octanol–water partition coefficient (Wildman–Crippen LogP) is 3.69. The molecule has 0 atom stereocenters. The number of nitrogens with zero attached hydrogens (tertiary/aromatic N) is 3. The van der Waals surface area contributed by atoms with Crippen LogP contribution >= 0.6 is 11.3 Å². The largest absolute Gasteiger partial charge is 0.296 e. The van der Waals surface area contributed by atoms with E-state index in [1.54, 1.807) is 10.7 Å². The molecule has 22 heavy (non-hydrogen) atoms. The van der Waals surface area contributed by atoms with Crippen molar-refractivity contribution in [2.24, 2.45) is 0 Å². The molecule has 0 saturated heterocycles. The van der Waals surface area contributed by atoms with Gasteiger partial charge in [-0.3, -0.25) is 14.8 Å². The lowest BCUT2D eigenvalue weighted by Crippen LogP contribution is -2.13. The minimum atomic E-state index is -0.219. The van der Waals surface area contributed by atoms with Crippen LogP contribution in [0.25, 0.3) is 10.2 Å². The molecule has 0 aliphatic heterocycles. The van der Waals surface area contributed by atoms with Gasteiger partial charge in [0, 0.05) is 12.2 Å². The van der Waals surface area contributed by atoms with Crippen LogP contribution in [0.5, 0.6) is 0 Å². The molecule has 0 aliphatic rings. The summed E-state index contributed by atoms with van der Waals surface area (Å²) < 4.78 is 2.91. The summed E-state index contributed by atoms with van der Waals surface area (Å²) in [6.07, 6.45) is 0. The van der Waals surface area contributed by atoms with Crippen molar-refractivity contribution in [3.05, 3.63) is 40.7 Å². The van der Waals surface area contributed by atoms with Gasteiger partial charge in [-0.25, -0.2) is 4.98 Å². The number of carbonyl (C=O) groups excluding carboxylic acids is 1. The summed E-state index contributed by atoms with van der Waals surface area (Å²) in [6.45, 7) is 8.80. The zero-order chi connectivity index (χ0) is 15.9. The average Bonchev–Trinajstić information content (AvgIpc) is 3.02. The molecule has 3 rings (SSSR count). The van der Waals surface area contributed by atoms with E-state index in [0.29, 0.717) is 10.8 Å². The minimum Gasteiger partial charge on any atom is -0.296 e. The normalized spacial score (nSPS) is 11.1. The maximum atomic E-state index is 12.3. The Hall–Kier alpha value is -2.21. The van der Waals surface area contributed by atoms with E-state index >= 15 is 0 Å². The van der Waals surface area contributed by atoms with E-state index in [-0.39, 0.29) is 5.91 Å². The van der Waals surface area contributed by atoms with E-state index in [9.17, 15) is 4.79 Å². The lowest BCUT2D eigenvalue weighted by molar-refractivity contribution is 0.102. The number of nitrogens with one attached hydrogen (secondary N) is 1. The first-order chi connectivity index (χ1) is 10.5. The van der Waals surface area contributed by atoms with Gasteiger partial charge < -0.3 is 0 Å². The van der Waals surface area contributed by atoms with Crippen molar-refractivity contribution in [1.82, 2.24) is 14.8 Å². The molecule has 2 heterocycles. The number of hydrogen-bond donors (Lipinski definition) is 1. The second-order valence-corrected chi connectivity index (χ2v) is 6.39. The number of benzene rings is 1. The molecule has 1 N–H and O–H groups in total. The molecule has 0 radical (unpaired) electrons. The Bertz CT molecular complexity index is 863. The molecule has 0 spiro atoms. The molecule has 6 heteroatoms. The van der Waals surface area contributed by atoms with E-state index in [2.05, 4.69) is 28.4 Å². The first kappa shape index (κ1) is 14.7. The third-order valence-electron chi connectivity index (χ3n) is 3.55. The van der Waals surface area contributed by atoms with Crippen molar-refractivity contribution < 1.29 is 4.79 Å². The number of rotatable bonds is 3. The second-order valence-electron chi connectivity index (χ2n) is 5.39. The molecule has 5 nitrogen and oxygen atoms in total. The lowest BCUT2D eigenvalue weighted by atomic mass is 10.1. The number of anilines is 1. The molecular weight excluding hydrogens is 296 g/mol. The summed E-state index contributed by atoms with van der Waals surface area (Å²) in [5, 5.41) is 7.75. The molecule has 114 valence electrons. The van der Waals surface area contributed by atoms with Gasteiger partial charge in [0.1, 0.15) is 0 Å². The zero-order valence-electron chi connectivity index (χ0n) is 13.1. The maximum Gasteiger partial charge on any atom is 0.277 e. The third kappa shape index (κ3) is 2.62. The molecule has 1 aromatic carbocycles. The van der Waals surface area contributed by atoms with Gasteiger partial charge in [0.2, 0.25) is 0 Å². The van der Waals surface area contributed by atoms with Crippen molar-refractivity contribution >= 4 is 32.6 Å². The Morgan fingerprint density at radius 1 is 1.27 bits per heavy atom. The molecule has 0 unspecified atom stereocenters. The van der Waals surface area contributed by atoms with E-state index in [4.69, 9.17) is 0 Å². The van der Waals surface area contributed by atoms with Crippen molar-refractivity contribution in [1.29, 1.82) is 0 Å². The van der Waals surface area contributed by atoms with Gasteiger partial charge in [0.15, 0.2) is 10.8 Å². The van der Waals surface area contributed by atoms with Crippen molar-refractivity contribution in [2.45, 2.75) is 34.2 Å². The summed E-state index contributed by atoms with van der Waals surface area (Å²) in [6, 6.07) is 5.95. The second kappa shape index (κ2) is 5.53. The fourth-order valence-electron chi connectivity index (χ4n) is 2.53. The van der Waals surface area contributed by atoms with Gasteiger partial charge in [-0.05, 0) is 51.0 Å². The minimum absolute atomic E-state index is 0.219. The SMILES string of the molecule is CCn1nc(C(=O)Nc2nc3cc(C)cc(C)c3s2)cc1C. The molecular formula is C16H18N4OS. The Morgan fingerprint density at radius 3 is 2.73 bits per heavy atom. The van der Waals surface area contributed by atoms with Crippen LogP contribution < -0.4 is 5.32 Å². The van der Waals surface area contributed by atoms with Crippen LogP contribution in [0.4, 0.5) is 5.13 Å². The van der Waals surface area contributed by atoms with Crippen LogP contribution in [0.2, 0.25) is 0 Å². The van der Waals surface area contributed by atoms with Crippen molar-refractivity contribution in [2.75, 3.05) is 5.32 Å². The fraction of sp³-hybridized carbons (Fsp3) is 0.312. The molecule has 0 aliphatic carbocycles. The Kier molecular flexibility index (Phi) is 3.70. The van der Waals surface area contributed by atoms with Crippen LogP contribution in [0.1, 0.15) is 34.2 Å². The third-order valence-corrected chi connectivity index (χ3v) is 4.68. The van der Waals surface area contributed by atoms with Crippen LogP contribution in [-0.2, 0) is 6.54 Å². The fourth-order valence-corrected chi connectivity index (χ4v) is 3.44. The number of amides is 1. The molecule has 2 aromatic heterocycles. The summed E-state index contributed by atoms with van der Waals surface area (Å²) in [7, 11) is 0. The maximum absolute atomic E-state index is 12.3. The van der Waals surface area contributed by atoms with Crippen LogP contribution in [0, 0.1) is 20.8 Å². The van der Waals surface area contributed by atoms with E-state index < -0.39 is 0 Å². The van der Waals surface area contributed by atoms with Gasteiger partial charge in [-0.15, -0.1) is 0 Å². The summed E-state index contributed by atoms with van der Waals surface area (Å²) in [4.78, 5) is 16.8. The number of fused-ring (bicyclic) bond motifs is 1. The zero-order valence-corrected chi connectivity index (χ0v) is 13.9. The number of hydrogen-bond acceptors (Lipinski definition) is 4. The molecule has 3 aromatic rings. The number of carbonyl (C=O) groups is 1. The Morgan fingerprint density at radius 2 is 2.05 bits per heavy atom. The van der Waals surface area contributed by atoms with Crippen LogP contribution in [-0.4, -0.2) is 20.7 Å². The first-order valence-electron chi connectivity index (χ1n) is 7.21. The van der Waals surface area contributed by atoms with Gasteiger partial charge in [0.25, 0.3) is 5.91 Å². The van der Waals surface area contributed by atoms with Crippen LogP contribution in [0.3, 0.4) is 0 Å². The molecule has 0 fully saturated rings. The summed E-state index contributed by atoms with van der Waals surface area (Å²) in [5.74, 6) is -0.219. The van der Waals surface area contributed by atoms with Gasteiger partial charge in [0.05, 0.1) is 10.2 Å². The predicted molar refractivity (Wildman–Crippen MR) is 89.7 cm³/mol. The molecule has 1 amide bonds. The highest BCUT2D eigenvalue weighted by Crippen LogP contribution is 2.30. The highest BCUT2D eigenvalue weighted by molar-refractivity contribution is 7.22. The standard InChI is InChI=1S/C16H18N4OS/c1-5-20-11(4)8-13(19-20)15(21)18-16-17-12-7-9(2)6-10(3)14(12)22-16/h6-8H,5H2,1-4H3,(H,17,18,21). The summed E-state index contributed by atoms with van der Waals surface area (Å²) >= 11 is 1.49. The first-order valence-corrected chi connectivity index (χ1v) is 8.03. The number of aromatic nitrogens is 3. The van der Waals surface area contributed by atoms with Gasteiger partial charge in [-0.2, -0.15) is 5.10 Å². The molecule has 0 saturated carbocycles. The number of aryl methyl sites for hydroxylation is 4. The van der Waals surface area contributed by atoms with Crippen molar-refractivity contribution in [3.8, 4) is 0 Å². The lowest BCUT2D eigenvalue weighted by Gasteiger charge is -1.98. The number of thiazole rings is 1. The highest BCUT2D eigenvalue weighted by Gasteiger charge is 2.15. The van der Waals surface area contributed by atoms with E-state index in [0.717, 1.165) is 22.5 Å². The van der Waals surface area contributed by atoms with E-state index in [1.807, 2.05) is 26.8 Å². The van der Waals surface area contributed by atoms with Gasteiger partial charge in [-0.1, -0.05) is 17.4 Å². The van der Waals surface area contributed by atoms with Gasteiger partial charge >= 0.3 is 0 Å². The average molecular weight is 314 g/mol. The van der Waals surface area contributed by atoms with Crippen LogP contribution in [0.15, 0.2) is 18.2 Å². The summed E-state index contributed by atoms with van der Waals surface area (Å²) in [5.41, 5.74) is 4.67. The highest BCUT2D eigenvalue weighted by atomic mass is 32.1. The quantitative estimate of drug-likeness (QED) is 0.802. The molecule has 0 bridgehead atoms. The Labute approximate surface area is 133 Å². The monoisotopic (exact) mass is 314 g/mol.